The molecule has 0 aliphatic rings. The standard InChI is InChI=1S/C17H13IN2O/c18-16-8-6-13(7-9-16)10-15(11-19)17(21)20-12-14-4-2-1-3-5-14/h1-10H,12H2,(H,20,21). The fourth-order valence-electron chi connectivity index (χ4n) is 1.75. The van der Waals surface area contributed by atoms with Crippen molar-refractivity contribution in [2.45, 2.75) is 6.54 Å². The Kier molecular flexibility index (Phi) is 5.52. The van der Waals surface area contributed by atoms with E-state index in [0.717, 1.165) is 14.7 Å². The maximum absolute atomic E-state index is 12.0. The van der Waals surface area contributed by atoms with Crippen molar-refractivity contribution in [3.8, 4) is 6.07 Å². The van der Waals surface area contributed by atoms with Gasteiger partial charge in [-0.1, -0.05) is 42.5 Å². The van der Waals surface area contributed by atoms with Crippen LogP contribution in [0.25, 0.3) is 6.08 Å². The quantitative estimate of drug-likeness (QED) is 0.495. The van der Waals surface area contributed by atoms with Crippen LogP contribution in [0.3, 0.4) is 0 Å². The van der Waals surface area contributed by atoms with Gasteiger partial charge in [-0.15, -0.1) is 0 Å². The second kappa shape index (κ2) is 7.60. The van der Waals surface area contributed by atoms with Gasteiger partial charge in [-0.3, -0.25) is 4.79 Å². The van der Waals surface area contributed by atoms with Gasteiger partial charge in [0.15, 0.2) is 0 Å². The molecule has 0 fully saturated rings. The minimum atomic E-state index is -0.361. The normalized spacial score (nSPS) is 10.8. The van der Waals surface area contributed by atoms with Gasteiger partial charge in [0.25, 0.3) is 5.91 Å². The lowest BCUT2D eigenvalue weighted by Crippen LogP contribution is -2.23. The Morgan fingerprint density at radius 3 is 2.43 bits per heavy atom. The van der Waals surface area contributed by atoms with Gasteiger partial charge < -0.3 is 5.32 Å². The van der Waals surface area contributed by atoms with Gasteiger partial charge in [0.2, 0.25) is 0 Å². The molecule has 2 rings (SSSR count). The molecule has 2 aromatic carbocycles. The van der Waals surface area contributed by atoms with Crippen LogP contribution in [0, 0.1) is 14.9 Å². The van der Waals surface area contributed by atoms with Crippen LogP contribution in [0.1, 0.15) is 11.1 Å². The minimum absolute atomic E-state index is 0.104. The molecule has 21 heavy (non-hydrogen) atoms. The predicted molar refractivity (Wildman–Crippen MR) is 91.0 cm³/mol. The summed E-state index contributed by atoms with van der Waals surface area (Å²) in [5.41, 5.74) is 1.94. The van der Waals surface area contributed by atoms with Gasteiger partial charge in [0.05, 0.1) is 0 Å². The van der Waals surface area contributed by atoms with E-state index >= 15 is 0 Å². The van der Waals surface area contributed by atoms with E-state index in [1.54, 1.807) is 6.08 Å². The van der Waals surface area contributed by atoms with Crippen molar-refractivity contribution in [2.75, 3.05) is 0 Å². The molecular formula is C17H13IN2O. The molecule has 0 radical (unpaired) electrons. The highest BCUT2D eigenvalue weighted by atomic mass is 127. The number of nitrogens with one attached hydrogen (secondary N) is 1. The highest BCUT2D eigenvalue weighted by Crippen LogP contribution is 2.10. The van der Waals surface area contributed by atoms with Crippen LogP contribution in [0.4, 0.5) is 0 Å². The van der Waals surface area contributed by atoms with Gasteiger partial charge in [-0.25, -0.2) is 0 Å². The Morgan fingerprint density at radius 2 is 1.81 bits per heavy atom. The molecule has 0 spiro atoms. The number of amides is 1. The van der Waals surface area contributed by atoms with Crippen molar-refractivity contribution in [3.05, 3.63) is 74.9 Å². The smallest absolute Gasteiger partial charge is 0.262 e. The number of rotatable bonds is 4. The largest absolute Gasteiger partial charge is 0.347 e. The molecule has 0 saturated heterocycles. The summed E-state index contributed by atoms with van der Waals surface area (Å²) >= 11 is 2.21. The number of benzene rings is 2. The second-order valence-corrected chi connectivity index (χ2v) is 5.64. The molecule has 1 N–H and O–H groups in total. The summed E-state index contributed by atoms with van der Waals surface area (Å²) in [4.78, 5) is 12.0. The lowest BCUT2D eigenvalue weighted by molar-refractivity contribution is -0.117. The van der Waals surface area contributed by atoms with Gasteiger partial charge in [0, 0.05) is 10.1 Å². The molecule has 4 heteroatoms. The van der Waals surface area contributed by atoms with Gasteiger partial charge in [0.1, 0.15) is 11.6 Å². The molecule has 2 aromatic rings. The van der Waals surface area contributed by atoms with Crippen molar-refractivity contribution in [3.63, 3.8) is 0 Å². The van der Waals surface area contributed by atoms with E-state index in [9.17, 15) is 4.79 Å². The van der Waals surface area contributed by atoms with E-state index in [1.807, 2.05) is 60.7 Å². The molecule has 0 aliphatic carbocycles. The molecule has 1 amide bonds. The number of halogens is 1. The van der Waals surface area contributed by atoms with Crippen LogP contribution in [0.5, 0.6) is 0 Å². The Balaban J connectivity index is 2.05. The summed E-state index contributed by atoms with van der Waals surface area (Å²) in [6, 6.07) is 19.2. The topological polar surface area (TPSA) is 52.9 Å². The minimum Gasteiger partial charge on any atom is -0.347 e. The van der Waals surface area contributed by atoms with Crippen molar-refractivity contribution in [1.82, 2.24) is 5.32 Å². The lowest BCUT2D eigenvalue weighted by Gasteiger charge is -2.04. The first-order chi connectivity index (χ1) is 10.2. The first kappa shape index (κ1) is 15.3. The SMILES string of the molecule is N#CC(=Cc1ccc(I)cc1)C(=O)NCc1ccccc1. The molecule has 0 aliphatic heterocycles. The van der Waals surface area contributed by atoms with Crippen LogP contribution < -0.4 is 5.32 Å². The highest BCUT2D eigenvalue weighted by molar-refractivity contribution is 14.1. The summed E-state index contributed by atoms with van der Waals surface area (Å²) in [5.74, 6) is -0.361. The third-order valence-corrected chi connectivity index (χ3v) is 3.56. The number of nitrogens with zero attached hydrogens (tertiary/aromatic N) is 1. The van der Waals surface area contributed by atoms with Crippen LogP contribution in [0.2, 0.25) is 0 Å². The van der Waals surface area contributed by atoms with E-state index in [2.05, 4.69) is 27.9 Å². The van der Waals surface area contributed by atoms with Gasteiger partial charge >= 0.3 is 0 Å². The van der Waals surface area contributed by atoms with Crippen molar-refractivity contribution in [1.29, 1.82) is 5.26 Å². The average Bonchev–Trinajstić information content (AvgIpc) is 2.53. The summed E-state index contributed by atoms with van der Waals surface area (Å²) in [6.07, 6.45) is 1.59. The van der Waals surface area contributed by atoms with Crippen LogP contribution in [0.15, 0.2) is 60.2 Å². The zero-order chi connectivity index (χ0) is 15.1. The number of hydrogen-bond donors (Lipinski definition) is 1. The molecular weight excluding hydrogens is 375 g/mol. The fraction of sp³-hybridized carbons (Fsp3) is 0.0588. The first-order valence-electron chi connectivity index (χ1n) is 6.38. The summed E-state index contributed by atoms with van der Waals surface area (Å²) in [5, 5.41) is 11.9. The molecule has 0 bridgehead atoms. The number of carbonyl (C=O) groups is 1. The van der Waals surface area contributed by atoms with E-state index in [4.69, 9.17) is 5.26 Å². The van der Waals surface area contributed by atoms with Crippen molar-refractivity contribution >= 4 is 34.6 Å². The highest BCUT2D eigenvalue weighted by Gasteiger charge is 2.08. The monoisotopic (exact) mass is 388 g/mol. The molecule has 3 nitrogen and oxygen atoms in total. The first-order valence-corrected chi connectivity index (χ1v) is 7.46. The molecule has 0 heterocycles. The molecule has 0 saturated carbocycles. The van der Waals surface area contributed by atoms with Crippen LogP contribution >= 0.6 is 22.6 Å². The van der Waals surface area contributed by atoms with Gasteiger partial charge in [-0.2, -0.15) is 5.26 Å². The zero-order valence-electron chi connectivity index (χ0n) is 11.2. The molecule has 0 unspecified atom stereocenters. The Hall–Kier alpha value is -2.13. The van der Waals surface area contributed by atoms with E-state index in [0.29, 0.717) is 6.54 Å². The van der Waals surface area contributed by atoms with E-state index in [1.165, 1.54) is 0 Å². The summed E-state index contributed by atoms with van der Waals surface area (Å²) in [7, 11) is 0. The van der Waals surface area contributed by atoms with Crippen LogP contribution in [-0.2, 0) is 11.3 Å². The summed E-state index contributed by atoms with van der Waals surface area (Å²) < 4.78 is 1.11. The molecule has 0 atom stereocenters. The Morgan fingerprint density at radius 1 is 1.14 bits per heavy atom. The second-order valence-electron chi connectivity index (χ2n) is 4.39. The fourth-order valence-corrected chi connectivity index (χ4v) is 2.11. The number of carbonyl (C=O) groups excluding carboxylic acids is 1. The lowest BCUT2D eigenvalue weighted by atomic mass is 10.1. The van der Waals surface area contributed by atoms with Gasteiger partial charge in [-0.05, 0) is 51.9 Å². The third kappa shape index (κ3) is 4.72. The Bertz CT molecular complexity index is 685. The zero-order valence-corrected chi connectivity index (χ0v) is 13.4. The molecule has 104 valence electrons. The number of nitriles is 1. The van der Waals surface area contributed by atoms with Crippen LogP contribution in [-0.4, -0.2) is 5.91 Å². The number of hydrogen-bond acceptors (Lipinski definition) is 2. The summed E-state index contributed by atoms with van der Waals surface area (Å²) in [6.45, 7) is 0.408. The average molecular weight is 388 g/mol. The predicted octanol–water partition coefficient (Wildman–Crippen LogP) is 3.51. The van der Waals surface area contributed by atoms with Crippen molar-refractivity contribution in [2.24, 2.45) is 0 Å². The van der Waals surface area contributed by atoms with E-state index in [-0.39, 0.29) is 11.5 Å². The maximum Gasteiger partial charge on any atom is 0.262 e. The van der Waals surface area contributed by atoms with Crippen molar-refractivity contribution < 1.29 is 4.79 Å². The Labute approximate surface area is 137 Å². The third-order valence-electron chi connectivity index (χ3n) is 2.84. The maximum atomic E-state index is 12.0. The molecule has 0 aromatic heterocycles. The van der Waals surface area contributed by atoms with E-state index < -0.39 is 0 Å².